The number of para-hydroxylation sites is 1. The Morgan fingerprint density at radius 1 is 0.944 bits per heavy atom. The van der Waals surface area contributed by atoms with Crippen molar-refractivity contribution in [3.63, 3.8) is 0 Å². The van der Waals surface area contributed by atoms with Crippen LogP contribution in [0.3, 0.4) is 0 Å². The molecule has 2 heteroatoms. The Hall–Kier alpha value is -1.80. The van der Waals surface area contributed by atoms with Crippen LogP contribution >= 0.6 is 0 Å². The Labute approximate surface area is 108 Å². The molecule has 0 spiro atoms. The molecule has 0 aliphatic rings. The van der Waals surface area contributed by atoms with Gasteiger partial charge in [-0.15, -0.1) is 0 Å². The van der Waals surface area contributed by atoms with Gasteiger partial charge in [0.1, 0.15) is 12.4 Å². The summed E-state index contributed by atoms with van der Waals surface area (Å²) in [6.07, 6.45) is -0.507. The molecule has 18 heavy (non-hydrogen) atoms. The van der Waals surface area contributed by atoms with Gasteiger partial charge in [-0.3, -0.25) is 0 Å². The topological polar surface area (TPSA) is 29.5 Å². The van der Waals surface area contributed by atoms with Gasteiger partial charge in [-0.25, -0.2) is 0 Å². The summed E-state index contributed by atoms with van der Waals surface area (Å²) < 4.78 is 5.56. The molecule has 1 N–H and O–H groups in total. The van der Waals surface area contributed by atoms with Crippen LogP contribution in [0.4, 0.5) is 0 Å². The Kier molecular flexibility index (Phi) is 4.37. The summed E-state index contributed by atoms with van der Waals surface area (Å²) in [5, 5.41) is 10.1. The van der Waals surface area contributed by atoms with Gasteiger partial charge in [0.2, 0.25) is 0 Å². The highest BCUT2D eigenvalue weighted by Crippen LogP contribution is 2.19. The third-order valence-corrected chi connectivity index (χ3v) is 3.07. The number of hydrogen-bond donors (Lipinski definition) is 1. The van der Waals surface area contributed by atoms with Crippen molar-refractivity contribution in [3.8, 4) is 5.75 Å². The van der Waals surface area contributed by atoms with E-state index in [-0.39, 0.29) is 5.92 Å². The fourth-order valence-corrected chi connectivity index (χ4v) is 1.82. The highest BCUT2D eigenvalue weighted by atomic mass is 16.5. The highest BCUT2D eigenvalue weighted by Gasteiger charge is 2.16. The van der Waals surface area contributed by atoms with E-state index in [2.05, 4.69) is 0 Å². The van der Waals surface area contributed by atoms with E-state index in [9.17, 15) is 5.11 Å². The van der Waals surface area contributed by atoms with Gasteiger partial charge in [0, 0.05) is 5.92 Å². The van der Waals surface area contributed by atoms with Crippen LogP contribution in [0.25, 0.3) is 0 Å². The fraction of sp³-hybridized carbons (Fsp3) is 0.250. The van der Waals surface area contributed by atoms with Gasteiger partial charge in [-0.05, 0) is 17.7 Å². The van der Waals surface area contributed by atoms with Crippen molar-refractivity contribution in [2.45, 2.75) is 18.9 Å². The minimum atomic E-state index is -0.507. The molecule has 94 valence electrons. The van der Waals surface area contributed by atoms with Crippen molar-refractivity contribution in [1.29, 1.82) is 0 Å². The molecule has 0 fully saturated rings. The van der Waals surface area contributed by atoms with Gasteiger partial charge in [0.25, 0.3) is 0 Å². The summed E-state index contributed by atoms with van der Waals surface area (Å²) in [7, 11) is 0. The highest BCUT2D eigenvalue weighted by molar-refractivity contribution is 5.22. The minimum Gasteiger partial charge on any atom is -0.491 e. The van der Waals surface area contributed by atoms with E-state index < -0.39 is 6.10 Å². The lowest BCUT2D eigenvalue weighted by atomic mass is 9.96. The van der Waals surface area contributed by atoms with E-state index >= 15 is 0 Å². The van der Waals surface area contributed by atoms with E-state index in [4.69, 9.17) is 4.74 Å². The van der Waals surface area contributed by atoms with Gasteiger partial charge in [-0.1, -0.05) is 55.5 Å². The van der Waals surface area contributed by atoms with Gasteiger partial charge in [0.15, 0.2) is 0 Å². The maximum absolute atomic E-state index is 10.1. The largest absolute Gasteiger partial charge is 0.491 e. The van der Waals surface area contributed by atoms with Crippen LogP contribution in [-0.2, 0) is 0 Å². The molecule has 0 radical (unpaired) electrons. The number of benzene rings is 2. The second-order valence-corrected chi connectivity index (χ2v) is 4.39. The number of ether oxygens (including phenoxy) is 1. The van der Waals surface area contributed by atoms with Crippen molar-refractivity contribution in [1.82, 2.24) is 0 Å². The fourth-order valence-electron chi connectivity index (χ4n) is 1.82. The zero-order valence-electron chi connectivity index (χ0n) is 10.5. The lowest BCUT2D eigenvalue weighted by molar-refractivity contribution is 0.0884. The number of rotatable bonds is 5. The van der Waals surface area contributed by atoms with Crippen molar-refractivity contribution >= 4 is 0 Å². The summed E-state index contributed by atoms with van der Waals surface area (Å²) in [5.74, 6) is 0.853. The molecule has 0 saturated heterocycles. The Morgan fingerprint density at radius 3 is 2.11 bits per heavy atom. The molecule has 2 aromatic carbocycles. The van der Waals surface area contributed by atoms with Crippen molar-refractivity contribution in [2.75, 3.05) is 6.61 Å². The van der Waals surface area contributed by atoms with Crippen molar-refractivity contribution < 1.29 is 9.84 Å². The normalized spacial score (nSPS) is 13.9. The lowest BCUT2D eigenvalue weighted by Gasteiger charge is -2.19. The molecule has 0 heterocycles. The van der Waals surface area contributed by atoms with E-state index in [1.807, 2.05) is 67.6 Å². The first-order valence-corrected chi connectivity index (χ1v) is 6.18. The molecule has 0 aliphatic heterocycles. The summed E-state index contributed by atoms with van der Waals surface area (Å²) in [6.45, 7) is 2.31. The Balaban J connectivity index is 1.90. The smallest absolute Gasteiger partial charge is 0.119 e. The molecule has 2 aromatic rings. The Bertz CT molecular complexity index is 453. The van der Waals surface area contributed by atoms with E-state index in [1.165, 1.54) is 0 Å². The first-order chi connectivity index (χ1) is 8.77. The van der Waals surface area contributed by atoms with Crippen molar-refractivity contribution in [2.24, 2.45) is 0 Å². The number of hydrogen-bond acceptors (Lipinski definition) is 2. The number of aliphatic hydroxyl groups excluding tert-OH is 1. The predicted molar refractivity (Wildman–Crippen MR) is 72.8 cm³/mol. The minimum absolute atomic E-state index is 0.0647. The molecule has 0 bridgehead atoms. The van der Waals surface area contributed by atoms with Crippen LogP contribution in [0.2, 0.25) is 0 Å². The standard InChI is InChI=1S/C16H18O2/c1-13(14-8-4-2-5-9-14)16(17)12-18-15-10-6-3-7-11-15/h2-11,13,16-17H,12H2,1H3/t13-,16-/m1/s1. The average Bonchev–Trinajstić information content (AvgIpc) is 2.46. The molecule has 0 unspecified atom stereocenters. The van der Waals surface area contributed by atoms with Crippen LogP contribution in [0, 0.1) is 0 Å². The molecule has 2 nitrogen and oxygen atoms in total. The third kappa shape index (κ3) is 3.34. The summed E-state index contributed by atoms with van der Waals surface area (Å²) >= 11 is 0. The lowest BCUT2D eigenvalue weighted by Crippen LogP contribution is -2.23. The molecule has 0 amide bonds. The second-order valence-electron chi connectivity index (χ2n) is 4.39. The molecule has 0 saturated carbocycles. The molecule has 2 atom stereocenters. The molecular formula is C16H18O2. The van der Waals surface area contributed by atoms with Crippen LogP contribution in [0.5, 0.6) is 5.75 Å². The maximum Gasteiger partial charge on any atom is 0.119 e. The van der Waals surface area contributed by atoms with Gasteiger partial charge in [-0.2, -0.15) is 0 Å². The first kappa shape index (κ1) is 12.7. The second kappa shape index (κ2) is 6.22. The van der Waals surface area contributed by atoms with Gasteiger partial charge >= 0.3 is 0 Å². The average molecular weight is 242 g/mol. The molecule has 0 aromatic heterocycles. The monoisotopic (exact) mass is 242 g/mol. The van der Waals surface area contributed by atoms with E-state index in [0.29, 0.717) is 6.61 Å². The SMILES string of the molecule is C[C@H](c1ccccc1)[C@H](O)COc1ccccc1. The number of aliphatic hydroxyl groups is 1. The zero-order valence-corrected chi connectivity index (χ0v) is 10.5. The van der Waals surface area contributed by atoms with Crippen molar-refractivity contribution in [3.05, 3.63) is 66.2 Å². The third-order valence-electron chi connectivity index (χ3n) is 3.07. The molecule has 2 rings (SSSR count). The molecular weight excluding hydrogens is 224 g/mol. The van der Waals surface area contributed by atoms with Gasteiger partial charge in [0.05, 0.1) is 6.10 Å². The van der Waals surface area contributed by atoms with Crippen LogP contribution in [-0.4, -0.2) is 17.8 Å². The van der Waals surface area contributed by atoms with Crippen LogP contribution < -0.4 is 4.74 Å². The maximum atomic E-state index is 10.1. The Morgan fingerprint density at radius 2 is 1.50 bits per heavy atom. The van der Waals surface area contributed by atoms with E-state index in [0.717, 1.165) is 11.3 Å². The van der Waals surface area contributed by atoms with Crippen LogP contribution in [0.1, 0.15) is 18.4 Å². The first-order valence-electron chi connectivity index (χ1n) is 6.18. The summed E-state index contributed by atoms with van der Waals surface area (Å²) in [4.78, 5) is 0. The zero-order chi connectivity index (χ0) is 12.8. The quantitative estimate of drug-likeness (QED) is 0.872. The predicted octanol–water partition coefficient (Wildman–Crippen LogP) is 3.23. The van der Waals surface area contributed by atoms with E-state index in [1.54, 1.807) is 0 Å². The summed E-state index contributed by atoms with van der Waals surface area (Å²) in [6, 6.07) is 19.5. The van der Waals surface area contributed by atoms with Crippen LogP contribution in [0.15, 0.2) is 60.7 Å². The molecule has 0 aliphatic carbocycles. The van der Waals surface area contributed by atoms with Gasteiger partial charge < -0.3 is 9.84 Å². The summed E-state index contributed by atoms with van der Waals surface area (Å²) in [5.41, 5.74) is 1.13.